The first-order chi connectivity index (χ1) is 9.54. The Morgan fingerprint density at radius 2 is 1.85 bits per heavy atom. The van der Waals surface area contributed by atoms with E-state index in [1.807, 2.05) is 12.1 Å². The molecule has 0 aliphatic rings. The zero-order valence-electron chi connectivity index (χ0n) is 11.6. The van der Waals surface area contributed by atoms with Crippen LogP contribution in [0.15, 0.2) is 29.4 Å². The van der Waals surface area contributed by atoms with Gasteiger partial charge in [0.15, 0.2) is 0 Å². The summed E-state index contributed by atoms with van der Waals surface area (Å²) in [4.78, 5) is 4.02. The molecule has 0 saturated carbocycles. The maximum atomic E-state index is 11.4. The Morgan fingerprint density at radius 3 is 2.55 bits per heavy atom. The molecule has 2 rings (SSSR count). The van der Waals surface area contributed by atoms with Gasteiger partial charge in [-0.3, -0.25) is 4.55 Å². The van der Waals surface area contributed by atoms with Gasteiger partial charge in [-0.2, -0.15) is 8.42 Å². The zero-order chi connectivity index (χ0) is 14.6. The van der Waals surface area contributed by atoms with Crippen LogP contribution in [0.3, 0.4) is 0 Å². The van der Waals surface area contributed by atoms with Gasteiger partial charge in [-0.05, 0) is 18.6 Å². The molecule has 0 aliphatic carbocycles. The number of hydrogen-bond donors (Lipinski definition) is 1. The van der Waals surface area contributed by atoms with Crippen molar-refractivity contribution in [3.8, 4) is 0 Å². The number of aryl methyl sites for hydroxylation is 1. The van der Waals surface area contributed by atoms with Crippen molar-refractivity contribution >= 4 is 21.2 Å². The molecule has 0 amide bonds. The number of para-hydroxylation sites is 2. The molecular formula is C14H20N2O3S. The lowest BCUT2D eigenvalue weighted by atomic mass is 10.1. The lowest BCUT2D eigenvalue weighted by molar-refractivity contribution is 0.459. The average Bonchev–Trinajstić information content (AvgIpc) is 2.78. The van der Waals surface area contributed by atoms with E-state index in [4.69, 9.17) is 0 Å². The van der Waals surface area contributed by atoms with E-state index in [1.54, 1.807) is 16.7 Å². The highest BCUT2D eigenvalue weighted by atomic mass is 32.2. The Labute approximate surface area is 119 Å². The third kappa shape index (κ3) is 3.37. The smallest absolute Gasteiger partial charge is 0.313 e. The van der Waals surface area contributed by atoms with Crippen LogP contribution in [0.2, 0.25) is 0 Å². The third-order valence-electron chi connectivity index (χ3n) is 3.34. The predicted molar refractivity (Wildman–Crippen MR) is 78.3 cm³/mol. The molecule has 0 spiro atoms. The topological polar surface area (TPSA) is 72.2 Å². The molecule has 1 aromatic heterocycles. The molecule has 0 bridgehead atoms. The van der Waals surface area contributed by atoms with E-state index in [1.165, 1.54) is 12.8 Å². The monoisotopic (exact) mass is 296 g/mol. The van der Waals surface area contributed by atoms with E-state index >= 15 is 0 Å². The molecule has 6 heteroatoms. The summed E-state index contributed by atoms with van der Waals surface area (Å²) < 4.78 is 33.8. The van der Waals surface area contributed by atoms with Crippen LogP contribution >= 0.6 is 0 Å². The van der Waals surface area contributed by atoms with Crippen molar-refractivity contribution in [1.29, 1.82) is 0 Å². The lowest BCUT2D eigenvalue weighted by Crippen LogP contribution is -2.10. The highest BCUT2D eigenvalue weighted by Gasteiger charge is 2.20. The Hall–Kier alpha value is -1.40. The van der Waals surface area contributed by atoms with Gasteiger partial charge in [0.25, 0.3) is 5.16 Å². The minimum absolute atomic E-state index is 0.255. The van der Waals surface area contributed by atoms with Gasteiger partial charge in [-0.1, -0.05) is 44.7 Å². The molecule has 0 radical (unpaired) electrons. The second-order valence-corrected chi connectivity index (χ2v) is 6.24. The summed E-state index contributed by atoms with van der Waals surface area (Å²) in [7, 11) is -4.29. The first-order valence-electron chi connectivity index (χ1n) is 6.97. The highest BCUT2D eigenvalue weighted by Crippen LogP contribution is 2.20. The van der Waals surface area contributed by atoms with Crippen LogP contribution in [-0.4, -0.2) is 22.5 Å². The SMILES string of the molecule is CCCCCCCn1c(S(=O)(=O)O)nc2ccccc21. The molecule has 0 saturated heterocycles. The number of nitrogens with zero attached hydrogens (tertiary/aromatic N) is 2. The van der Waals surface area contributed by atoms with Crippen molar-refractivity contribution in [1.82, 2.24) is 9.55 Å². The van der Waals surface area contributed by atoms with Gasteiger partial charge in [0.1, 0.15) is 0 Å². The van der Waals surface area contributed by atoms with Crippen LogP contribution in [0.25, 0.3) is 11.0 Å². The molecule has 1 aromatic carbocycles. The van der Waals surface area contributed by atoms with E-state index in [0.29, 0.717) is 12.1 Å². The predicted octanol–water partition coefficient (Wildman–Crippen LogP) is 3.25. The van der Waals surface area contributed by atoms with E-state index in [-0.39, 0.29) is 5.16 Å². The Bertz CT molecular complexity index is 677. The maximum Gasteiger partial charge on any atom is 0.328 e. The molecule has 110 valence electrons. The Balaban J connectivity index is 2.25. The van der Waals surface area contributed by atoms with E-state index in [0.717, 1.165) is 24.8 Å². The molecule has 0 atom stereocenters. The minimum Gasteiger partial charge on any atom is -0.313 e. The molecule has 2 aromatic rings. The fourth-order valence-corrected chi connectivity index (χ4v) is 3.02. The van der Waals surface area contributed by atoms with Crippen molar-refractivity contribution in [2.45, 2.75) is 50.7 Å². The van der Waals surface area contributed by atoms with Gasteiger partial charge in [-0.15, -0.1) is 0 Å². The number of benzene rings is 1. The number of imidazole rings is 1. The second-order valence-electron chi connectivity index (χ2n) is 4.92. The second kappa shape index (κ2) is 6.37. The normalized spacial score (nSPS) is 12.1. The van der Waals surface area contributed by atoms with Crippen molar-refractivity contribution < 1.29 is 13.0 Å². The summed E-state index contributed by atoms with van der Waals surface area (Å²) >= 11 is 0. The van der Waals surface area contributed by atoms with Crippen molar-refractivity contribution in [2.75, 3.05) is 0 Å². The number of aromatic nitrogens is 2. The fraction of sp³-hybridized carbons (Fsp3) is 0.500. The van der Waals surface area contributed by atoms with Gasteiger partial charge in [0.2, 0.25) is 0 Å². The Kier molecular flexibility index (Phi) is 4.77. The molecule has 1 N–H and O–H groups in total. The quantitative estimate of drug-likeness (QED) is 0.629. The van der Waals surface area contributed by atoms with Gasteiger partial charge >= 0.3 is 10.1 Å². The van der Waals surface area contributed by atoms with Gasteiger partial charge in [0, 0.05) is 6.54 Å². The first kappa shape index (κ1) is 15.0. The average molecular weight is 296 g/mol. The van der Waals surface area contributed by atoms with Gasteiger partial charge in [-0.25, -0.2) is 4.98 Å². The standard InChI is InChI=1S/C14H20N2O3S/c1-2-3-4-5-8-11-16-13-10-7-6-9-12(13)15-14(16)20(17,18)19/h6-7,9-10H,2-5,8,11H2,1H3,(H,17,18,19). The molecule has 5 nitrogen and oxygen atoms in total. The first-order valence-corrected chi connectivity index (χ1v) is 8.41. The fourth-order valence-electron chi connectivity index (χ4n) is 2.34. The van der Waals surface area contributed by atoms with Crippen LogP contribution in [0.1, 0.15) is 39.0 Å². The van der Waals surface area contributed by atoms with Crippen molar-refractivity contribution in [2.24, 2.45) is 0 Å². The lowest BCUT2D eigenvalue weighted by Gasteiger charge is -2.07. The number of hydrogen-bond acceptors (Lipinski definition) is 3. The van der Waals surface area contributed by atoms with Crippen LogP contribution in [-0.2, 0) is 16.7 Å². The third-order valence-corrected chi connectivity index (χ3v) is 4.11. The molecule has 0 aliphatic heterocycles. The highest BCUT2D eigenvalue weighted by molar-refractivity contribution is 7.85. The van der Waals surface area contributed by atoms with E-state index in [9.17, 15) is 13.0 Å². The largest absolute Gasteiger partial charge is 0.328 e. The van der Waals surface area contributed by atoms with Crippen LogP contribution in [0, 0.1) is 0 Å². The van der Waals surface area contributed by atoms with Gasteiger partial charge in [0.05, 0.1) is 11.0 Å². The van der Waals surface area contributed by atoms with Crippen molar-refractivity contribution in [3.05, 3.63) is 24.3 Å². The summed E-state index contributed by atoms with van der Waals surface area (Å²) in [6, 6.07) is 7.21. The summed E-state index contributed by atoms with van der Waals surface area (Å²) in [5.41, 5.74) is 1.34. The van der Waals surface area contributed by atoms with Crippen LogP contribution in [0.4, 0.5) is 0 Å². The van der Waals surface area contributed by atoms with Crippen molar-refractivity contribution in [3.63, 3.8) is 0 Å². The summed E-state index contributed by atoms with van der Waals surface area (Å²) in [5.74, 6) is 0. The number of rotatable bonds is 7. The number of unbranched alkanes of at least 4 members (excludes halogenated alkanes) is 4. The molecule has 0 unspecified atom stereocenters. The van der Waals surface area contributed by atoms with Crippen LogP contribution < -0.4 is 0 Å². The Morgan fingerprint density at radius 1 is 1.15 bits per heavy atom. The van der Waals surface area contributed by atoms with Crippen LogP contribution in [0.5, 0.6) is 0 Å². The molecule has 0 fully saturated rings. The minimum atomic E-state index is -4.29. The number of fused-ring (bicyclic) bond motifs is 1. The molecular weight excluding hydrogens is 276 g/mol. The van der Waals surface area contributed by atoms with Gasteiger partial charge < -0.3 is 4.57 Å². The summed E-state index contributed by atoms with van der Waals surface area (Å²) in [5, 5.41) is -0.255. The van der Waals surface area contributed by atoms with E-state index in [2.05, 4.69) is 11.9 Å². The summed E-state index contributed by atoms with van der Waals surface area (Å²) in [6.07, 6.45) is 5.43. The maximum absolute atomic E-state index is 11.4. The molecule has 20 heavy (non-hydrogen) atoms. The zero-order valence-corrected chi connectivity index (χ0v) is 12.4. The van der Waals surface area contributed by atoms with E-state index < -0.39 is 10.1 Å². The summed E-state index contributed by atoms with van der Waals surface area (Å²) in [6.45, 7) is 2.71. The molecule has 1 heterocycles.